The van der Waals surface area contributed by atoms with Gasteiger partial charge >= 0.3 is 0 Å². The Bertz CT molecular complexity index is 1190. The number of halogens is 2. The third kappa shape index (κ3) is 7.73. The lowest BCUT2D eigenvalue weighted by molar-refractivity contribution is -0.688. The maximum absolute atomic E-state index is 2.51. The van der Waals surface area contributed by atoms with Gasteiger partial charge in [-0.2, -0.15) is 0 Å². The van der Waals surface area contributed by atoms with E-state index in [1.54, 1.807) is 0 Å². The minimum Gasteiger partial charge on any atom is -1.00 e. The van der Waals surface area contributed by atoms with Gasteiger partial charge in [0.05, 0.1) is 0 Å². The van der Waals surface area contributed by atoms with Crippen molar-refractivity contribution in [3.05, 3.63) is 109 Å². The van der Waals surface area contributed by atoms with Crippen molar-refractivity contribution in [2.24, 2.45) is 0 Å². The fourth-order valence-electron chi connectivity index (χ4n) is 5.86. The van der Waals surface area contributed by atoms with Gasteiger partial charge in [-0.25, -0.2) is 9.13 Å². The lowest BCUT2D eigenvalue weighted by atomic mass is 10.0. The third-order valence-corrected chi connectivity index (χ3v) is 8.16. The van der Waals surface area contributed by atoms with Gasteiger partial charge in [-0.1, -0.05) is 48.5 Å². The molecule has 0 aliphatic carbocycles. The van der Waals surface area contributed by atoms with Gasteiger partial charge < -0.3 is 43.8 Å². The molecule has 2 aliphatic heterocycles. The predicted octanol–water partition coefficient (Wildman–Crippen LogP) is 0.0138. The molecule has 4 aromatic rings. The van der Waals surface area contributed by atoms with Gasteiger partial charge in [-0.15, -0.1) is 0 Å². The van der Waals surface area contributed by atoms with E-state index in [4.69, 9.17) is 0 Å². The molecule has 0 radical (unpaired) electrons. The molecule has 2 saturated heterocycles. The average Bonchev–Trinajstić information content (AvgIpc) is 3.00. The monoisotopic (exact) mass is 662 g/mol. The first-order valence-electron chi connectivity index (χ1n) is 14.5. The van der Waals surface area contributed by atoms with Crippen LogP contribution < -0.4 is 52.9 Å². The van der Waals surface area contributed by atoms with E-state index in [9.17, 15) is 0 Å². The highest BCUT2D eigenvalue weighted by Gasteiger charge is 2.14. The number of piperidine rings is 2. The number of aromatic nitrogens is 2. The first kappa shape index (κ1) is 30.3. The summed E-state index contributed by atoms with van der Waals surface area (Å²) < 4.78 is 4.54. The highest BCUT2D eigenvalue weighted by molar-refractivity contribution is 5.64. The van der Waals surface area contributed by atoms with Gasteiger partial charge in [0.25, 0.3) is 0 Å². The second kappa shape index (κ2) is 14.8. The van der Waals surface area contributed by atoms with Crippen molar-refractivity contribution in [1.29, 1.82) is 0 Å². The second-order valence-corrected chi connectivity index (χ2v) is 10.9. The average molecular weight is 665 g/mol. The Morgan fingerprint density at radius 1 is 0.425 bits per heavy atom. The fraction of sp³-hybridized carbons (Fsp3) is 0.353. The summed E-state index contributed by atoms with van der Waals surface area (Å²) in [6, 6.07) is 27.1. The molecule has 0 unspecified atom stereocenters. The fourth-order valence-corrected chi connectivity index (χ4v) is 5.86. The molecule has 2 aromatic heterocycles. The quantitative estimate of drug-likeness (QED) is 0.259. The maximum atomic E-state index is 2.51. The number of anilines is 2. The molecule has 4 nitrogen and oxygen atoms in total. The van der Waals surface area contributed by atoms with Gasteiger partial charge in [-0.05, 0) is 49.7 Å². The lowest BCUT2D eigenvalue weighted by Crippen LogP contribution is -3.00. The standard InChI is InChI=1S/C34H40N4.2BrH/c1-3-19-37(20-4-1)33-15-23-35(24-16-33)27-29-7-11-31(12-8-29)32-13-9-30(10-14-32)28-36-25-17-34(18-26-36)38-21-5-2-6-22-38;;/h7-18,23-26H,1-6,19-22,27-28H2;2*1H/q+2;;/p-2. The van der Waals surface area contributed by atoms with Gasteiger partial charge in [0.15, 0.2) is 37.9 Å². The molecule has 210 valence electrons. The molecule has 6 heteroatoms. The van der Waals surface area contributed by atoms with Crippen LogP contribution in [0.1, 0.15) is 49.7 Å². The Balaban J connectivity index is 0.00000185. The number of hydrogen-bond donors (Lipinski definition) is 0. The molecule has 6 rings (SSSR count). The summed E-state index contributed by atoms with van der Waals surface area (Å²) in [7, 11) is 0. The molecule has 0 bridgehead atoms. The van der Waals surface area contributed by atoms with Crippen molar-refractivity contribution in [1.82, 2.24) is 0 Å². The van der Waals surface area contributed by atoms with Crippen LogP contribution in [0.25, 0.3) is 11.1 Å². The molecule has 0 N–H and O–H groups in total. The van der Waals surface area contributed by atoms with E-state index < -0.39 is 0 Å². The SMILES string of the molecule is [Br-].[Br-].c1cc(-c2ccc(C[n+]3ccc(N4CCCCC4)cc3)cc2)ccc1C[n+]1ccc(N2CCCCC2)cc1. The van der Waals surface area contributed by atoms with Gasteiger partial charge in [0.1, 0.15) is 0 Å². The smallest absolute Gasteiger partial charge is 0.173 e. The summed E-state index contributed by atoms with van der Waals surface area (Å²) >= 11 is 0. The summed E-state index contributed by atoms with van der Waals surface area (Å²) in [5.74, 6) is 0. The third-order valence-electron chi connectivity index (χ3n) is 8.16. The molecule has 0 amide bonds. The zero-order chi connectivity index (χ0) is 25.6. The molecule has 2 aliphatic rings. The van der Waals surface area contributed by atoms with Crippen LogP contribution in [0.5, 0.6) is 0 Å². The number of pyridine rings is 2. The molecule has 0 atom stereocenters. The molecular formula is C34H40Br2N4. The van der Waals surface area contributed by atoms with Gasteiger partial charge in [0.2, 0.25) is 0 Å². The van der Waals surface area contributed by atoms with Crippen molar-refractivity contribution in [2.45, 2.75) is 51.6 Å². The maximum Gasteiger partial charge on any atom is 0.173 e. The van der Waals surface area contributed by atoms with Crippen molar-refractivity contribution in [3.8, 4) is 11.1 Å². The van der Waals surface area contributed by atoms with E-state index in [0.29, 0.717) is 0 Å². The zero-order valence-electron chi connectivity index (χ0n) is 23.3. The zero-order valence-corrected chi connectivity index (χ0v) is 26.4. The first-order valence-corrected chi connectivity index (χ1v) is 14.5. The van der Waals surface area contributed by atoms with Crippen molar-refractivity contribution < 1.29 is 43.1 Å². The molecular weight excluding hydrogens is 624 g/mol. The van der Waals surface area contributed by atoms with Crippen LogP contribution in [0, 0.1) is 0 Å². The van der Waals surface area contributed by atoms with Crippen LogP contribution in [0.15, 0.2) is 97.6 Å². The summed E-state index contributed by atoms with van der Waals surface area (Å²) in [6.07, 6.45) is 16.9. The van der Waals surface area contributed by atoms with E-state index in [1.165, 1.54) is 98.3 Å². The molecule has 2 aromatic carbocycles. The molecule has 0 saturated carbocycles. The largest absolute Gasteiger partial charge is 1.00 e. The summed E-state index contributed by atoms with van der Waals surface area (Å²) in [4.78, 5) is 5.03. The Labute approximate surface area is 260 Å². The van der Waals surface area contributed by atoms with Crippen LogP contribution in [0.2, 0.25) is 0 Å². The number of hydrogen-bond acceptors (Lipinski definition) is 2. The van der Waals surface area contributed by atoms with E-state index in [2.05, 4.69) is 117 Å². The minimum absolute atomic E-state index is 0. The topological polar surface area (TPSA) is 14.2 Å². The number of nitrogens with zero attached hydrogens (tertiary/aromatic N) is 4. The predicted molar refractivity (Wildman–Crippen MR) is 155 cm³/mol. The van der Waals surface area contributed by atoms with Crippen LogP contribution in [-0.2, 0) is 13.1 Å². The number of benzene rings is 2. The molecule has 2 fully saturated rings. The molecule has 4 heterocycles. The summed E-state index contributed by atoms with van der Waals surface area (Å²) in [5, 5.41) is 0. The van der Waals surface area contributed by atoms with Crippen LogP contribution in [-0.4, -0.2) is 26.2 Å². The van der Waals surface area contributed by atoms with Crippen molar-refractivity contribution in [3.63, 3.8) is 0 Å². The van der Waals surface area contributed by atoms with Crippen LogP contribution >= 0.6 is 0 Å². The highest BCUT2D eigenvalue weighted by Crippen LogP contribution is 2.22. The van der Waals surface area contributed by atoms with Crippen LogP contribution in [0.4, 0.5) is 11.4 Å². The minimum atomic E-state index is 0. The lowest BCUT2D eigenvalue weighted by Gasteiger charge is -2.28. The summed E-state index contributed by atoms with van der Waals surface area (Å²) in [5.41, 5.74) is 7.89. The Kier molecular flexibility index (Phi) is 11.2. The Morgan fingerprint density at radius 3 is 1.07 bits per heavy atom. The van der Waals surface area contributed by atoms with E-state index in [-0.39, 0.29) is 34.0 Å². The van der Waals surface area contributed by atoms with Crippen molar-refractivity contribution in [2.75, 3.05) is 36.0 Å². The number of rotatable bonds is 7. The molecule has 0 spiro atoms. The Hall–Kier alpha value is -2.70. The van der Waals surface area contributed by atoms with Crippen molar-refractivity contribution >= 4 is 11.4 Å². The highest BCUT2D eigenvalue weighted by atomic mass is 79.9. The molecule has 40 heavy (non-hydrogen) atoms. The Morgan fingerprint density at radius 2 is 0.750 bits per heavy atom. The van der Waals surface area contributed by atoms with E-state index in [0.717, 1.165) is 13.1 Å². The summed E-state index contributed by atoms with van der Waals surface area (Å²) in [6.45, 7) is 6.56. The van der Waals surface area contributed by atoms with E-state index >= 15 is 0 Å². The van der Waals surface area contributed by atoms with Gasteiger partial charge in [0, 0.05) is 72.9 Å². The van der Waals surface area contributed by atoms with Crippen LogP contribution in [0.3, 0.4) is 0 Å². The van der Waals surface area contributed by atoms with Gasteiger partial charge in [-0.3, -0.25) is 0 Å². The second-order valence-electron chi connectivity index (χ2n) is 10.9. The van der Waals surface area contributed by atoms with E-state index in [1.807, 2.05) is 0 Å². The normalized spacial score (nSPS) is 15.2. The first-order chi connectivity index (χ1) is 18.8.